The zero-order chi connectivity index (χ0) is 17.4. The van der Waals surface area contributed by atoms with Crippen LogP contribution in [0.3, 0.4) is 0 Å². The molecule has 0 saturated carbocycles. The Morgan fingerprint density at radius 1 is 1.28 bits per heavy atom. The number of fused-ring (bicyclic) bond motifs is 2. The monoisotopic (exact) mass is 336 g/mol. The van der Waals surface area contributed by atoms with Crippen LogP contribution in [-0.2, 0) is 12.8 Å². The largest absolute Gasteiger partial charge is 0.495 e. The van der Waals surface area contributed by atoms with Crippen LogP contribution < -0.4 is 10.1 Å². The number of hydrogen-bond donors (Lipinski definition) is 1. The number of aromatic nitrogens is 1. The molecule has 0 spiro atoms. The van der Waals surface area contributed by atoms with Gasteiger partial charge in [-0.3, -0.25) is 4.98 Å². The number of likely N-dealkylation sites (tertiary alicyclic amines) is 1. The molecule has 1 aliphatic carbocycles. The maximum atomic E-state index is 9.38. The summed E-state index contributed by atoms with van der Waals surface area (Å²) in [5.74, 6) is 0.626. The van der Waals surface area contributed by atoms with Gasteiger partial charge in [0.05, 0.1) is 18.2 Å². The summed E-state index contributed by atoms with van der Waals surface area (Å²) in [5.41, 5.74) is 5.21. The molecule has 1 aromatic carbocycles. The maximum absolute atomic E-state index is 9.38. The summed E-state index contributed by atoms with van der Waals surface area (Å²) in [6.45, 7) is 2.26. The van der Waals surface area contributed by atoms with Gasteiger partial charge in [0, 0.05) is 22.8 Å². The second-order valence-electron chi connectivity index (χ2n) is 7.17. The lowest BCUT2D eigenvalue weighted by atomic mass is 10.0. The van der Waals surface area contributed by atoms with Gasteiger partial charge >= 0.3 is 0 Å². The molecule has 0 unspecified atom stereocenters. The Balaban J connectivity index is 1.81. The van der Waals surface area contributed by atoms with Crippen molar-refractivity contribution in [3.63, 3.8) is 0 Å². The zero-order valence-electron chi connectivity index (χ0n) is 14.9. The lowest BCUT2D eigenvalue weighted by Gasteiger charge is -2.31. The number of piperidine rings is 1. The van der Waals surface area contributed by atoms with Gasteiger partial charge in [0.15, 0.2) is 0 Å². The quantitative estimate of drug-likeness (QED) is 0.933. The van der Waals surface area contributed by atoms with Crippen LogP contribution in [0, 0.1) is 11.3 Å². The molecular formula is C20H24N4O. The van der Waals surface area contributed by atoms with Crippen molar-refractivity contribution in [1.82, 2.24) is 9.88 Å². The third-order valence-corrected chi connectivity index (χ3v) is 5.52. The van der Waals surface area contributed by atoms with E-state index in [4.69, 9.17) is 9.72 Å². The summed E-state index contributed by atoms with van der Waals surface area (Å²) in [5, 5.41) is 14.3. The Bertz CT molecular complexity index is 847. The highest BCUT2D eigenvalue weighted by Crippen LogP contribution is 2.37. The number of rotatable bonds is 3. The minimum atomic E-state index is 0.494. The van der Waals surface area contributed by atoms with E-state index >= 15 is 0 Å². The molecule has 1 aliphatic heterocycles. The maximum Gasteiger partial charge on any atom is 0.137 e. The van der Waals surface area contributed by atoms with Crippen molar-refractivity contribution in [2.45, 2.75) is 38.1 Å². The van der Waals surface area contributed by atoms with Crippen LogP contribution in [0.1, 0.15) is 36.1 Å². The van der Waals surface area contributed by atoms with Gasteiger partial charge in [-0.1, -0.05) is 0 Å². The fourth-order valence-corrected chi connectivity index (χ4v) is 4.07. The molecule has 2 aliphatic rings. The van der Waals surface area contributed by atoms with Crippen molar-refractivity contribution in [3.05, 3.63) is 29.0 Å². The van der Waals surface area contributed by atoms with Crippen molar-refractivity contribution in [1.29, 1.82) is 5.26 Å². The molecule has 1 fully saturated rings. The third-order valence-electron chi connectivity index (χ3n) is 5.52. The molecule has 0 amide bonds. The minimum Gasteiger partial charge on any atom is -0.495 e. The van der Waals surface area contributed by atoms with E-state index in [0.29, 0.717) is 17.4 Å². The van der Waals surface area contributed by atoms with Crippen LogP contribution in [0.5, 0.6) is 5.75 Å². The van der Waals surface area contributed by atoms with Crippen molar-refractivity contribution in [2.75, 3.05) is 32.6 Å². The van der Waals surface area contributed by atoms with Gasteiger partial charge in [-0.15, -0.1) is 0 Å². The molecular weight excluding hydrogens is 312 g/mol. The smallest absolute Gasteiger partial charge is 0.137 e. The number of nitrogens with zero attached hydrogens (tertiary/aromatic N) is 3. The van der Waals surface area contributed by atoms with E-state index in [-0.39, 0.29) is 0 Å². The van der Waals surface area contributed by atoms with Gasteiger partial charge in [-0.05, 0) is 69.9 Å². The van der Waals surface area contributed by atoms with Crippen molar-refractivity contribution in [2.24, 2.45) is 0 Å². The summed E-state index contributed by atoms with van der Waals surface area (Å²) in [7, 11) is 3.80. The molecule has 0 atom stereocenters. The first-order chi connectivity index (χ1) is 12.2. The number of aryl methyl sites for hydroxylation is 1. The average Bonchev–Trinajstić information content (AvgIpc) is 3.10. The lowest BCUT2D eigenvalue weighted by Crippen LogP contribution is -2.37. The molecule has 5 nitrogen and oxygen atoms in total. The van der Waals surface area contributed by atoms with Crippen LogP contribution >= 0.6 is 0 Å². The molecule has 4 rings (SSSR count). The fourth-order valence-electron chi connectivity index (χ4n) is 4.07. The fraction of sp³-hybridized carbons (Fsp3) is 0.500. The highest BCUT2D eigenvalue weighted by molar-refractivity contribution is 5.96. The topological polar surface area (TPSA) is 61.2 Å². The summed E-state index contributed by atoms with van der Waals surface area (Å²) >= 11 is 0. The highest BCUT2D eigenvalue weighted by atomic mass is 16.5. The minimum absolute atomic E-state index is 0.494. The number of hydrogen-bond acceptors (Lipinski definition) is 5. The number of nitrogens with one attached hydrogen (secondary N) is 1. The number of pyridine rings is 1. The molecule has 2 heterocycles. The Hall–Kier alpha value is -2.32. The molecule has 25 heavy (non-hydrogen) atoms. The molecule has 1 N–H and O–H groups in total. The summed E-state index contributed by atoms with van der Waals surface area (Å²) in [4.78, 5) is 7.24. The van der Waals surface area contributed by atoms with Crippen LogP contribution in [0.15, 0.2) is 12.1 Å². The standard InChI is InChI=1S/C20H24N4O/c1-24-8-6-14(7-9-24)22-20-15-4-3-5-17(15)23-18-10-13(12-21)19(25-2)11-16(18)20/h10-11,14H,3-9H2,1-2H3,(H,22,23). The number of ether oxygens (including phenoxy) is 1. The SMILES string of the molecule is COc1cc2c(NC3CCN(C)CC3)c3c(nc2cc1C#N)CCC3. The molecule has 0 radical (unpaired) electrons. The van der Waals surface area contributed by atoms with E-state index < -0.39 is 0 Å². The predicted octanol–water partition coefficient (Wildman–Crippen LogP) is 3.11. The van der Waals surface area contributed by atoms with Gasteiger partial charge in [-0.25, -0.2) is 0 Å². The summed E-state index contributed by atoms with van der Waals surface area (Å²) in [6.07, 6.45) is 5.57. The van der Waals surface area contributed by atoms with Crippen LogP contribution in [0.2, 0.25) is 0 Å². The van der Waals surface area contributed by atoms with Gasteiger partial charge < -0.3 is 15.0 Å². The predicted molar refractivity (Wildman–Crippen MR) is 99.2 cm³/mol. The number of nitriles is 1. The van der Waals surface area contributed by atoms with Gasteiger partial charge in [0.1, 0.15) is 11.8 Å². The van der Waals surface area contributed by atoms with Gasteiger partial charge in [0.2, 0.25) is 0 Å². The molecule has 1 aromatic heterocycles. The van der Waals surface area contributed by atoms with E-state index in [1.54, 1.807) is 7.11 Å². The van der Waals surface area contributed by atoms with Crippen LogP contribution in [-0.4, -0.2) is 43.2 Å². The zero-order valence-corrected chi connectivity index (χ0v) is 14.9. The number of methoxy groups -OCH3 is 1. The molecule has 5 heteroatoms. The molecule has 2 aromatic rings. The third kappa shape index (κ3) is 2.91. The van der Waals surface area contributed by atoms with Crippen LogP contribution in [0.4, 0.5) is 5.69 Å². The molecule has 130 valence electrons. The second kappa shape index (κ2) is 6.53. The second-order valence-corrected chi connectivity index (χ2v) is 7.17. The van der Waals surface area contributed by atoms with E-state index in [2.05, 4.69) is 23.3 Å². The van der Waals surface area contributed by atoms with E-state index in [1.165, 1.54) is 16.9 Å². The Kier molecular flexibility index (Phi) is 4.22. The first-order valence-electron chi connectivity index (χ1n) is 9.08. The van der Waals surface area contributed by atoms with E-state index in [9.17, 15) is 5.26 Å². The van der Waals surface area contributed by atoms with Crippen molar-refractivity contribution >= 4 is 16.6 Å². The average molecular weight is 336 g/mol. The van der Waals surface area contributed by atoms with Gasteiger partial charge in [0.25, 0.3) is 0 Å². The Morgan fingerprint density at radius 2 is 2.08 bits per heavy atom. The number of benzene rings is 1. The number of anilines is 1. The summed E-state index contributed by atoms with van der Waals surface area (Å²) < 4.78 is 5.44. The lowest BCUT2D eigenvalue weighted by molar-refractivity contribution is 0.264. The van der Waals surface area contributed by atoms with Crippen molar-refractivity contribution < 1.29 is 4.74 Å². The summed E-state index contributed by atoms with van der Waals surface area (Å²) in [6, 6.07) is 6.57. The first-order valence-corrected chi connectivity index (χ1v) is 9.08. The Morgan fingerprint density at radius 3 is 2.80 bits per heavy atom. The van der Waals surface area contributed by atoms with Crippen molar-refractivity contribution in [3.8, 4) is 11.8 Å². The highest BCUT2D eigenvalue weighted by Gasteiger charge is 2.24. The van der Waals surface area contributed by atoms with Crippen LogP contribution in [0.25, 0.3) is 10.9 Å². The van der Waals surface area contributed by atoms with E-state index in [1.807, 2.05) is 12.1 Å². The molecule has 0 bridgehead atoms. The molecule has 1 saturated heterocycles. The van der Waals surface area contributed by atoms with Gasteiger partial charge in [-0.2, -0.15) is 5.26 Å². The normalized spacial score (nSPS) is 18.1. The first kappa shape index (κ1) is 16.2. The Labute approximate surface area is 148 Å². The van der Waals surface area contributed by atoms with E-state index in [0.717, 1.165) is 56.1 Å².